The summed E-state index contributed by atoms with van der Waals surface area (Å²) in [5.41, 5.74) is -0.0516. The van der Waals surface area contributed by atoms with Gasteiger partial charge in [0.15, 0.2) is 11.5 Å². The molecule has 1 aromatic heterocycles. The SMILES string of the molecule is CC(=O)CCCCNC(=O)N(C)c1ncn(C)c1C(=O)O. The van der Waals surface area contributed by atoms with Crippen molar-refractivity contribution in [3.05, 3.63) is 12.0 Å². The van der Waals surface area contributed by atoms with Gasteiger partial charge >= 0.3 is 12.0 Å². The fourth-order valence-corrected chi connectivity index (χ4v) is 1.82. The molecule has 0 radical (unpaired) electrons. The highest BCUT2D eigenvalue weighted by Crippen LogP contribution is 2.16. The molecule has 2 N–H and O–H groups in total. The molecule has 1 aromatic rings. The number of nitrogens with one attached hydrogen (secondary N) is 1. The average molecular weight is 296 g/mol. The lowest BCUT2D eigenvalue weighted by Crippen LogP contribution is -2.38. The van der Waals surface area contributed by atoms with Crippen LogP contribution in [0.15, 0.2) is 6.33 Å². The summed E-state index contributed by atoms with van der Waals surface area (Å²) in [4.78, 5) is 38.9. The molecule has 0 spiro atoms. The number of amides is 2. The quantitative estimate of drug-likeness (QED) is 0.731. The zero-order chi connectivity index (χ0) is 16.0. The summed E-state index contributed by atoms with van der Waals surface area (Å²) in [6.45, 7) is 1.95. The van der Waals surface area contributed by atoms with Crippen molar-refractivity contribution in [1.82, 2.24) is 14.9 Å². The van der Waals surface area contributed by atoms with Crippen molar-refractivity contribution in [3.63, 3.8) is 0 Å². The number of carboxylic acid groups (broad SMARTS) is 1. The number of Topliss-reactive ketones (excluding diaryl/α,β-unsaturated/α-hetero) is 1. The number of ketones is 1. The first-order chi connectivity index (χ1) is 9.84. The predicted molar refractivity (Wildman–Crippen MR) is 76.5 cm³/mol. The zero-order valence-electron chi connectivity index (χ0n) is 12.4. The molecule has 1 rings (SSSR count). The average Bonchev–Trinajstić information content (AvgIpc) is 2.78. The van der Waals surface area contributed by atoms with Crippen LogP contribution < -0.4 is 10.2 Å². The van der Waals surface area contributed by atoms with Gasteiger partial charge in [0.05, 0.1) is 6.33 Å². The van der Waals surface area contributed by atoms with Crippen molar-refractivity contribution in [2.75, 3.05) is 18.5 Å². The molecule has 0 aliphatic carbocycles. The van der Waals surface area contributed by atoms with Gasteiger partial charge in [-0.25, -0.2) is 14.6 Å². The molecule has 8 heteroatoms. The fourth-order valence-electron chi connectivity index (χ4n) is 1.82. The number of aryl methyl sites for hydroxylation is 1. The third-order valence-electron chi connectivity index (χ3n) is 2.97. The van der Waals surface area contributed by atoms with Crippen LogP contribution in [0.2, 0.25) is 0 Å². The smallest absolute Gasteiger partial charge is 0.356 e. The second kappa shape index (κ2) is 7.41. The Morgan fingerprint density at radius 1 is 1.38 bits per heavy atom. The highest BCUT2D eigenvalue weighted by Gasteiger charge is 2.22. The van der Waals surface area contributed by atoms with E-state index >= 15 is 0 Å². The number of hydrogen-bond acceptors (Lipinski definition) is 4. The molecule has 0 unspecified atom stereocenters. The fraction of sp³-hybridized carbons (Fsp3) is 0.538. The predicted octanol–water partition coefficient (Wildman–Crippen LogP) is 1.02. The van der Waals surface area contributed by atoms with Gasteiger partial charge in [0.25, 0.3) is 0 Å². The molecule has 0 atom stereocenters. The van der Waals surface area contributed by atoms with Gasteiger partial charge < -0.3 is 19.8 Å². The number of unbranched alkanes of at least 4 members (excludes halogenated alkanes) is 1. The number of rotatable bonds is 7. The van der Waals surface area contributed by atoms with Crippen molar-refractivity contribution in [2.24, 2.45) is 7.05 Å². The number of aromatic carboxylic acids is 1. The van der Waals surface area contributed by atoms with E-state index in [4.69, 9.17) is 5.11 Å². The zero-order valence-corrected chi connectivity index (χ0v) is 12.4. The van der Waals surface area contributed by atoms with E-state index in [1.807, 2.05) is 0 Å². The number of carboxylic acids is 1. The van der Waals surface area contributed by atoms with E-state index in [0.717, 1.165) is 4.90 Å². The molecular weight excluding hydrogens is 276 g/mol. The van der Waals surface area contributed by atoms with Gasteiger partial charge in [0, 0.05) is 27.1 Å². The molecule has 21 heavy (non-hydrogen) atoms. The van der Waals surface area contributed by atoms with E-state index in [1.165, 1.54) is 24.9 Å². The normalized spacial score (nSPS) is 10.2. The van der Waals surface area contributed by atoms with Gasteiger partial charge in [-0.05, 0) is 19.8 Å². The lowest BCUT2D eigenvalue weighted by atomic mass is 10.2. The molecule has 2 amide bonds. The maximum atomic E-state index is 11.9. The molecule has 1 heterocycles. The highest BCUT2D eigenvalue weighted by atomic mass is 16.4. The summed E-state index contributed by atoms with van der Waals surface area (Å²) in [5.74, 6) is -0.935. The Labute approximate surface area is 122 Å². The maximum Gasteiger partial charge on any atom is 0.356 e. The number of urea groups is 1. The Kier molecular flexibility index (Phi) is 5.89. The Morgan fingerprint density at radius 2 is 2.05 bits per heavy atom. The first-order valence-electron chi connectivity index (χ1n) is 6.60. The third-order valence-corrected chi connectivity index (χ3v) is 2.97. The Morgan fingerprint density at radius 3 is 2.62 bits per heavy atom. The molecule has 0 aromatic carbocycles. The molecule has 0 fully saturated rings. The number of anilines is 1. The minimum absolute atomic E-state index is 0.0516. The topological polar surface area (TPSA) is 105 Å². The van der Waals surface area contributed by atoms with Crippen molar-refractivity contribution in [1.29, 1.82) is 0 Å². The molecule has 0 saturated carbocycles. The first kappa shape index (κ1) is 16.7. The maximum absolute atomic E-state index is 11.9. The molecule has 0 aliphatic rings. The number of imidazole rings is 1. The molecular formula is C13H20N4O4. The van der Waals surface area contributed by atoms with Crippen LogP contribution in [0.25, 0.3) is 0 Å². The van der Waals surface area contributed by atoms with Crippen LogP contribution >= 0.6 is 0 Å². The van der Waals surface area contributed by atoms with E-state index in [0.29, 0.717) is 25.8 Å². The van der Waals surface area contributed by atoms with Crippen LogP contribution in [0.3, 0.4) is 0 Å². The van der Waals surface area contributed by atoms with Crippen LogP contribution in [0.1, 0.15) is 36.7 Å². The summed E-state index contributed by atoms with van der Waals surface area (Å²) >= 11 is 0. The Hall–Kier alpha value is -2.38. The number of aromatic nitrogens is 2. The van der Waals surface area contributed by atoms with E-state index in [9.17, 15) is 14.4 Å². The standard InChI is InChI=1S/C13H20N4O4/c1-9(18)6-4-5-7-14-13(21)17(3)11-10(12(19)20)16(2)8-15-11/h8H,4-7H2,1-3H3,(H,14,21)(H,19,20). The van der Waals surface area contributed by atoms with Crippen molar-refractivity contribution < 1.29 is 19.5 Å². The van der Waals surface area contributed by atoms with Crippen LogP contribution in [0, 0.1) is 0 Å². The van der Waals surface area contributed by atoms with Gasteiger partial charge in [0.1, 0.15) is 5.78 Å². The lowest BCUT2D eigenvalue weighted by molar-refractivity contribution is -0.117. The molecule has 116 valence electrons. The number of carbonyl (C=O) groups excluding carboxylic acids is 2. The van der Waals surface area contributed by atoms with Gasteiger partial charge in [-0.15, -0.1) is 0 Å². The van der Waals surface area contributed by atoms with Crippen molar-refractivity contribution >= 4 is 23.6 Å². The Bertz CT molecular complexity index is 538. The largest absolute Gasteiger partial charge is 0.476 e. The molecule has 0 bridgehead atoms. The van der Waals surface area contributed by atoms with Gasteiger partial charge in [0.2, 0.25) is 0 Å². The van der Waals surface area contributed by atoms with E-state index in [2.05, 4.69) is 10.3 Å². The third kappa shape index (κ3) is 4.59. The lowest BCUT2D eigenvalue weighted by Gasteiger charge is -2.16. The number of hydrogen-bond donors (Lipinski definition) is 2. The molecule has 8 nitrogen and oxygen atoms in total. The van der Waals surface area contributed by atoms with Crippen LogP contribution in [-0.2, 0) is 11.8 Å². The summed E-state index contributed by atoms with van der Waals surface area (Å²) in [7, 11) is 3.01. The summed E-state index contributed by atoms with van der Waals surface area (Å²) in [6.07, 6.45) is 3.24. The minimum atomic E-state index is -1.15. The summed E-state index contributed by atoms with van der Waals surface area (Å²) in [6, 6.07) is -0.431. The second-order valence-corrected chi connectivity index (χ2v) is 4.78. The Balaban J connectivity index is 2.55. The van der Waals surface area contributed by atoms with Crippen molar-refractivity contribution in [2.45, 2.75) is 26.2 Å². The number of nitrogens with zero attached hydrogens (tertiary/aromatic N) is 3. The van der Waals surface area contributed by atoms with Crippen molar-refractivity contribution in [3.8, 4) is 0 Å². The van der Waals surface area contributed by atoms with Crippen LogP contribution in [-0.4, -0.2) is 46.0 Å². The van der Waals surface area contributed by atoms with E-state index < -0.39 is 12.0 Å². The minimum Gasteiger partial charge on any atom is -0.476 e. The van der Waals surface area contributed by atoms with Gasteiger partial charge in [-0.3, -0.25) is 4.90 Å². The summed E-state index contributed by atoms with van der Waals surface area (Å²) in [5, 5.41) is 11.8. The molecule has 0 saturated heterocycles. The number of carbonyl (C=O) groups is 3. The van der Waals surface area contributed by atoms with E-state index in [1.54, 1.807) is 7.05 Å². The van der Waals surface area contributed by atoms with Gasteiger partial charge in [-0.1, -0.05) is 0 Å². The van der Waals surface area contributed by atoms with Crippen LogP contribution in [0.4, 0.5) is 10.6 Å². The van der Waals surface area contributed by atoms with Crippen LogP contribution in [0.5, 0.6) is 0 Å². The second-order valence-electron chi connectivity index (χ2n) is 4.78. The summed E-state index contributed by atoms with van der Waals surface area (Å²) < 4.78 is 1.34. The van der Waals surface area contributed by atoms with Gasteiger partial charge in [-0.2, -0.15) is 0 Å². The highest BCUT2D eigenvalue weighted by molar-refractivity contribution is 5.98. The van der Waals surface area contributed by atoms with E-state index in [-0.39, 0.29) is 17.3 Å². The molecule has 0 aliphatic heterocycles. The first-order valence-corrected chi connectivity index (χ1v) is 6.60. The monoisotopic (exact) mass is 296 g/mol.